The Bertz CT molecular complexity index is 703. The third kappa shape index (κ3) is 1.51. The van der Waals surface area contributed by atoms with Crippen molar-refractivity contribution in [3.63, 3.8) is 0 Å². The fraction of sp³-hybridized carbons (Fsp3) is 0.250. The molecule has 0 bridgehead atoms. The van der Waals surface area contributed by atoms with E-state index in [-0.39, 0.29) is 0 Å². The zero-order valence-electron chi connectivity index (χ0n) is 10.3. The highest BCUT2D eigenvalue weighted by atomic mass is 35.5. The van der Waals surface area contributed by atoms with Gasteiger partial charge in [-0.2, -0.15) is 0 Å². The van der Waals surface area contributed by atoms with Crippen LogP contribution in [-0.2, 0) is 7.05 Å². The molecular weight excluding hydrogens is 250 g/mol. The lowest BCUT2D eigenvalue weighted by molar-refractivity contribution is 0.777. The molecule has 0 amide bonds. The first-order valence-corrected chi connectivity index (χ1v) is 5.91. The fourth-order valence-electron chi connectivity index (χ4n) is 2.06. The van der Waals surface area contributed by atoms with Gasteiger partial charge < -0.3 is 4.90 Å². The lowest BCUT2D eigenvalue weighted by Gasteiger charge is -2.16. The smallest absolute Gasteiger partial charge is 0.226 e. The summed E-state index contributed by atoms with van der Waals surface area (Å²) in [6, 6.07) is 5.60. The van der Waals surface area contributed by atoms with Crippen LogP contribution in [-0.4, -0.2) is 33.8 Å². The Labute approximate surface area is 109 Å². The van der Waals surface area contributed by atoms with Gasteiger partial charge in [0.1, 0.15) is 5.69 Å². The zero-order chi connectivity index (χ0) is 12.9. The van der Waals surface area contributed by atoms with Crippen molar-refractivity contribution in [2.45, 2.75) is 0 Å². The molecule has 5 nitrogen and oxygen atoms in total. The summed E-state index contributed by atoms with van der Waals surface area (Å²) in [7, 11) is 5.78. The molecule has 0 aliphatic carbocycles. The Morgan fingerprint density at radius 1 is 1.22 bits per heavy atom. The molecule has 2 aliphatic rings. The maximum atomic E-state index is 6.01. The molecular formula is C12H12ClN5. The number of anilines is 1. The largest absolute Gasteiger partial charge is 0.347 e. The van der Waals surface area contributed by atoms with Gasteiger partial charge in [0.05, 0.1) is 5.52 Å². The second-order valence-corrected chi connectivity index (χ2v) is 4.84. The molecule has 0 fully saturated rings. The van der Waals surface area contributed by atoms with E-state index in [1.165, 1.54) is 0 Å². The third-order valence-electron chi connectivity index (χ3n) is 2.91. The van der Waals surface area contributed by atoms with Crippen LogP contribution in [0.25, 0.3) is 22.4 Å². The van der Waals surface area contributed by atoms with E-state index in [1.54, 1.807) is 0 Å². The molecule has 0 atom stereocenters. The molecule has 0 aromatic heterocycles. The van der Waals surface area contributed by atoms with Crippen LogP contribution in [0.3, 0.4) is 0 Å². The van der Waals surface area contributed by atoms with Gasteiger partial charge in [0.2, 0.25) is 5.95 Å². The number of halogens is 1. The van der Waals surface area contributed by atoms with Crippen molar-refractivity contribution in [3.8, 4) is 11.5 Å². The van der Waals surface area contributed by atoms with Gasteiger partial charge in [0, 0.05) is 31.6 Å². The predicted octanol–water partition coefficient (Wildman–Crippen LogP) is 2.19. The number of rotatable bonds is 1. The van der Waals surface area contributed by atoms with Crippen molar-refractivity contribution in [2.24, 2.45) is 7.05 Å². The Hall–Kier alpha value is -1.88. The molecule has 18 heavy (non-hydrogen) atoms. The van der Waals surface area contributed by atoms with E-state index in [4.69, 9.17) is 11.6 Å². The average molecular weight is 262 g/mol. The molecule has 1 aromatic carbocycles. The van der Waals surface area contributed by atoms with Gasteiger partial charge in [-0.1, -0.05) is 11.6 Å². The van der Waals surface area contributed by atoms with Gasteiger partial charge in [-0.25, -0.2) is 4.98 Å². The summed E-state index contributed by atoms with van der Waals surface area (Å²) < 4.78 is 1.93. The van der Waals surface area contributed by atoms with Gasteiger partial charge in [-0.05, 0) is 18.2 Å². The topological polar surface area (TPSA) is 46.8 Å². The highest BCUT2D eigenvalue weighted by Gasteiger charge is 2.19. The lowest BCUT2D eigenvalue weighted by Crippen LogP contribution is -2.19. The van der Waals surface area contributed by atoms with Crippen molar-refractivity contribution in [1.29, 1.82) is 0 Å². The third-order valence-corrected chi connectivity index (χ3v) is 3.14. The van der Waals surface area contributed by atoms with Gasteiger partial charge in [-0.3, -0.25) is 4.57 Å². The molecule has 0 spiro atoms. The van der Waals surface area contributed by atoms with Crippen LogP contribution in [0.1, 0.15) is 0 Å². The average Bonchev–Trinajstić information content (AvgIpc) is 2.68. The number of nitrogens with zero attached hydrogens (tertiary/aromatic N) is 5. The van der Waals surface area contributed by atoms with Gasteiger partial charge in [0.25, 0.3) is 0 Å². The number of aromatic nitrogens is 4. The van der Waals surface area contributed by atoms with E-state index < -0.39 is 0 Å². The van der Waals surface area contributed by atoms with Crippen LogP contribution in [0.15, 0.2) is 18.2 Å². The van der Waals surface area contributed by atoms with Crippen molar-refractivity contribution in [1.82, 2.24) is 19.7 Å². The van der Waals surface area contributed by atoms with Crippen LogP contribution >= 0.6 is 11.6 Å². The Morgan fingerprint density at radius 3 is 2.72 bits per heavy atom. The molecule has 0 N–H and O–H groups in total. The van der Waals surface area contributed by atoms with Gasteiger partial charge in [0.15, 0.2) is 5.82 Å². The Balaban J connectivity index is 2.38. The maximum Gasteiger partial charge on any atom is 0.226 e. The molecule has 0 radical (unpaired) electrons. The van der Waals surface area contributed by atoms with Crippen LogP contribution in [0.5, 0.6) is 0 Å². The fourth-order valence-corrected chi connectivity index (χ4v) is 2.23. The predicted molar refractivity (Wildman–Crippen MR) is 72.3 cm³/mol. The van der Waals surface area contributed by atoms with Crippen LogP contribution in [0.2, 0.25) is 5.02 Å². The minimum Gasteiger partial charge on any atom is -0.347 e. The molecule has 2 aliphatic heterocycles. The normalized spacial score (nSPS) is 11.3. The summed E-state index contributed by atoms with van der Waals surface area (Å²) >= 11 is 6.01. The second-order valence-electron chi connectivity index (χ2n) is 4.40. The highest BCUT2D eigenvalue weighted by Crippen LogP contribution is 2.31. The van der Waals surface area contributed by atoms with Crippen LogP contribution < -0.4 is 4.90 Å². The quantitative estimate of drug-likeness (QED) is 0.674. The monoisotopic (exact) mass is 261 g/mol. The Morgan fingerprint density at radius 2 is 2.00 bits per heavy atom. The van der Waals surface area contributed by atoms with Crippen molar-refractivity contribution in [3.05, 3.63) is 23.2 Å². The maximum absolute atomic E-state index is 6.01. The minimum absolute atomic E-state index is 0.679. The highest BCUT2D eigenvalue weighted by molar-refractivity contribution is 6.31. The molecule has 1 aromatic rings. The summed E-state index contributed by atoms with van der Waals surface area (Å²) in [4.78, 5) is 6.48. The van der Waals surface area contributed by atoms with E-state index in [1.807, 2.05) is 48.8 Å². The van der Waals surface area contributed by atoms with E-state index >= 15 is 0 Å². The second kappa shape index (κ2) is 3.81. The number of benzene rings is 1. The summed E-state index contributed by atoms with van der Waals surface area (Å²) in [6.07, 6.45) is 0. The van der Waals surface area contributed by atoms with Crippen molar-refractivity contribution < 1.29 is 0 Å². The van der Waals surface area contributed by atoms with Gasteiger partial charge >= 0.3 is 0 Å². The van der Waals surface area contributed by atoms with Gasteiger partial charge in [-0.15, -0.1) is 10.2 Å². The Kier molecular flexibility index (Phi) is 2.38. The summed E-state index contributed by atoms with van der Waals surface area (Å²) in [6.45, 7) is 0. The molecule has 2 heterocycles. The number of hydrogen-bond acceptors (Lipinski definition) is 4. The van der Waals surface area contributed by atoms with E-state index in [0.717, 1.165) is 28.4 Å². The first-order chi connectivity index (χ1) is 8.58. The molecule has 92 valence electrons. The molecule has 3 rings (SSSR count). The molecule has 0 saturated heterocycles. The summed E-state index contributed by atoms with van der Waals surface area (Å²) in [5.41, 5.74) is 1.66. The van der Waals surface area contributed by atoms with Crippen molar-refractivity contribution >= 4 is 28.5 Å². The van der Waals surface area contributed by atoms with Crippen LogP contribution in [0.4, 0.5) is 5.95 Å². The van der Waals surface area contributed by atoms with E-state index in [2.05, 4.69) is 15.2 Å². The van der Waals surface area contributed by atoms with Crippen LogP contribution in [0, 0.1) is 0 Å². The summed E-state index contributed by atoms with van der Waals surface area (Å²) in [5, 5.41) is 10.1. The first kappa shape index (κ1) is 11.2. The molecule has 0 saturated carbocycles. The molecule has 6 heteroatoms. The van der Waals surface area contributed by atoms with E-state index in [0.29, 0.717) is 5.02 Å². The minimum atomic E-state index is 0.679. The zero-order valence-corrected chi connectivity index (χ0v) is 11.1. The number of fused-ring (bicyclic) bond motifs is 3. The lowest BCUT2D eigenvalue weighted by atomic mass is 10.2. The standard InChI is InChI=1S/C12H12ClN5/c1-17(2)12-16-15-10-8-6-7(13)4-5-9(8)14-11(10)18(12)3/h4-6H,1-3H3. The van der Waals surface area contributed by atoms with E-state index in [9.17, 15) is 0 Å². The van der Waals surface area contributed by atoms with Crippen molar-refractivity contribution in [2.75, 3.05) is 19.0 Å². The molecule has 0 unspecified atom stereocenters. The summed E-state index contributed by atoms with van der Waals surface area (Å²) in [5.74, 6) is 1.57. The SMILES string of the molecule is CN(C)c1nnc2c3cc(Cl)ccc3nc-2n1C. The number of hydrogen-bond donors (Lipinski definition) is 0. The first-order valence-electron chi connectivity index (χ1n) is 5.53.